The number of carbonyl (C=O) groups is 4. The second kappa shape index (κ2) is 69.5. The van der Waals surface area contributed by atoms with E-state index in [0.717, 1.165) is 89.9 Å². The quantitative estimate of drug-likeness (QED) is 0.0222. The van der Waals surface area contributed by atoms with Crippen LogP contribution in [-0.4, -0.2) is 96.7 Å². The van der Waals surface area contributed by atoms with Crippen molar-refractivity contribution < 1.29 is 80.2 Å². The molecule has 558 valence electrons. The number of phosphoric acid groups is 2. The Bertz CT molecular complexity index is 1790. The van der Waals surface area contributed by atoms with Crippen molar-refractivity contribution in [1.29, 1.82) is 0 Å². The molecule has 0 spiro atoms. The maximum absolute atomic E-state index is 13.1. The first kappa shape index (κ1) is 92.1. The smallest absolute Gasteiger partial charge is 0.462 e. The lowest BCUT2D eigenvalue weighted by molar-refractivity contribution is -0.161. The fourth-order valence-corrected chi connectivity index (χ4v) is 13.2. The summed E-state index contributed by atoms with van der Waals surface area (Å²) in [7, 11) is -9.90. The van der Waals surface area contributed by atoms with Crippen molar-refractivity contribution >= 4 is 39.5 Å². The first-order valence-corrected chi connectivity index (χ1v) is 42.3. The molecule has 0 saturated carbocycles. The number of aliphatic hydroxyl groups excluding tert-OH is 1. The maximum Gasteiger partial charge on any atom is 0.472 e. The minimum Gasteiger partial charge on any atom is -0.462 e. The van der Waals surface area contributed by atoms with Gasteiger partial charge in [0.2, 0.25) is 0 Å². The first-order valence-electron chi connectivity index (χ1n) is 39.3. The molecular formula is C75H146O17P2. The Balaban J connectivity index is 5.21. The van der Waals surface area contributed by atoms with Crippen molar-refractivity contribution in [2.75, 3.05) is 39.6 Å². The number of esters is 4. The van der Waals surface area contributed by atoms with Crippen LogP contribution in [0.4, 0.5) is 0 Å². The van der Waals surface area contributed by atoms with Gasteiger partial charge in [-0.25, -0.2) is 9.13 Å². The van der Waals surface area contributed by atoms with Crippen LogP contribution in [-0.2, 0) is 65.4 Å². The zero-order valence-corrected chi connectivity index (χ0v) is 62.7. The minimum absolute atomic E-state index is 0.107. The van der Waals surface area contributed by atoms with Crippen LogP contribution in [0.25, 0.3) is 0 Å². The summed E-state index contributed by atoms with van der Waals surface area (Å²) in [6.07, 6.45) is 59.5. The monoisotopic (exact) mass is 1380 g/mol. The van der Waals surface area contributed by atoms with Gasteiger partial charge in [-0.05, 0) is 25.7 Å². The zero-order valence-electron chi connectivity index (χ0n) is 60.9. The number of aliphatic hydroxyl groups is 1. The summed E-state index contributed by atoms with van der Waals surface area (Å²) in [5, 5.41) is 10.6. The molecule has 0 fully saturated rings. The van der Waals surface area contributed by atoms with E-state index in [0.29, 0.717) is 25.7 Å². The third kappa shape index (κ3) is 68.6. The molecule has 0 aliphatic heterocycles. The summed E-state index contributed by atoms with van der Waals surface area (Å²) in [5.74, 6) is -2.11. The third-order valence-corrected chi connectivity index (χ3v) is 19.5. The Labute approximate surface area is 575 Å². The highest BCUT2D eigenvalue weighted by Crippen LogP contribution is 2.45. The number of unbranched alkanes of at least 4 members (excludes halogenated alkanes) is 50. The molecule has 3 N–H and O–H groups in total. The normalized spacial score (nSPS) is 13.9. The zero-order chi connectivity index (χ0) is 69.0. The number of ether oxygens (including phenoxy) is 4. The highest BCUT2D eigenvalue weighted by Gasteiger charge is 2.30. The van der Waals surface area contributed by atoms with Gasteiger partial charge in [0, 0.05) is 25.7 Å². The third-order valence-electron chi connectivity index (χ3n) is 17.6. The Morgan fingerprint density at radius 1 is 0.255 bits per heavy atom. The van der Waals surface area contributed by atoms with Crippen LogP contribution >= 0.6 is 15.6 Å². The molecule has 0 aromatic heterocycles. The van der Waals surface area contributed by atoms with E-state index >= 15 is 0 Å². The average molecular weight is 1380 g/mol. The van der Waals surface area contributed by atoms with E-state index in [2.05, 4.69) is 27.7 Å². The maximum atomic E-state index is 13.1. The van der Waals surface area contributed by atoms with Crippen molar-refractivity contribution in [2.24, 2.45) is 0 Å². The van der Waals surface area contributed by atoms with Crippen LogP contribution in [0.1, 0.15) is 400 Å². The topological polar surface area (TPSA) is 237 Å². The number of carbonyl (C=O) groups excluding carboxylic acids is 4. The van der Waals surface area contributed by atoms with Gasteiger partial charge in [-0.3, -0.25) is 37.3 Å². The van der Waals surface area contributed by atoms with Crippen molar-refractivity contribution in [3.05, 3.63) is 0 Å². The molecule has 0 saturated heterocycles. The fourth-order valence-electron chi connectivity index (χ4n) is 11.6. The molecule has 0 aliphatic carbocycles. The second-order valence-corrected chi connectivity index (χ2v) is 29.9. The van der Waals surface area contributed by atoms with Crippen LogP contribution in [0.15, 0.2) is 0 Å². The lowest BCUT2D eigenvalue weighted by Crippen LogP contribution is -2.30. The lowest BCUT2D eigenvalue weighted by atomic mass is 10.0. The predicted octanol–water partition coefficient (Wildman–Crippen LogP) is 22.2. The van der Waals surface area contributed by atoms with Crippen molar-refractivity contribution in [2.45, 2.75) is 418 Å². The van der Waals surface area contributed by atoms with E-state index in [4.69, 9.17) is 37.0 Å². The van der Waals surface area contributed by atoms with Crippen LogP contribution in [0, 0.1) is 0 Å². The van der Waals surface area contributed by atoms with Crippen LogP contribution in [0.2, 0.25) is 0 Å². The van der Waals surface area contributed by atoms with Gasteiger partial charge in [0.25, 0.3) is 0 Å². The molecule has 0 radical (unpaired) electrons. The fraction of sp³-hybridized carbons (Fsp3) is 0.947. The number of phosphoric ester groups is 2. The Hall–Kier alpha value is -1.94. The number of hydrogen-bond acceptors (Lipinski definition) is 15. The van der Waals surface area contributed by atoms with Gasteiger partial charge in [-0.15, -0.1) is 0 Å². The standard InChI is InChI=1S/C75H146O17P2/c1-5-9-13-17-21-25-28-31-34-37-40-44-47-51-55-59-72(77)85-65-70(91-74(79)61-57-53-49-43-24-20-16-12-8-4)67-89-93(81,82)87-63-69(76)64-88-94(83,84)90-68-71(92-75(80)62-58-54-50-46-42-39-36-33-30-27-23-19-15-11-7-3)66-86-73(78)60-56-52-48-45-41-38-35-32-29-26-22-18-14-10-6-2/h69-71,76H,5-68H2,1-4H3,(H,81,82)(H,83,84)/t69-,70+,71+/m0/s1. The van der Waals surface area contributed by atoms with Gasteiger partial charge in [-0.1, -0.05) is 349 Å². The summed E-state index contributed by atoms with van der Waals surface area (Å²) in [6.45, 7) is 4.98. The summed E-state index contributed by atoms with van der Waals surface area (Å²) in [4.78, 5) is 72.7. The van der Waals surface area contributed by atoms with Crippen molar-refractivity contribution in [3.63, 3.8) is 0 Å². The highest BCUT2D eigenvalue weighted by atomic mass is 31.2. The van der Waals surface area contributed by atoms with E-state index in [9.17, 15) is 43.2 Å². The van der Waals surface area contributed by atoms with E-state index in [1.165, 1.54) is 231 Å². The van der Waals surface area contributed by atoms with Crippen LogP contribution < -0.4 is 0 Å². The molecule has 0 bridgehead atoms. The van der Waals surface area contributed by atoms with Gasteiger partial charge < -0.3 is 33.8 Å². The SMILES string of the molecule is CCCCCCCCCCCCCCCCCC(=O)OC[C@H](COP(=O)(O)OC[C@H](O)COP(=O)(O)OC[C@@H](COC(=O)CCCCCCCCCCCCCCCCC)OC(=O)CCCCCCCCCCCCCCCCC)OC(=O)CCCCCCCCCCC. The predicted molar refractivity (Wildman–Crippen MR) is 382 cm³/mol. The molecule has 0 aliphatic rings. The molecular weight excluding hydrogens is 1230 g/mol. The first-order chi connectivity index (χ1) is 45.7. The molecule has 0 aromatic carbocycles. The summed E-state index contributed by atoms with van der Waals surface area (Å²) < 4.78 is 68.5. The van der Waals surface area contributed by atoms with Gasteiger partial charge in [0.15, 0.2) is 12.2 Å². The van der Waals surface area contributed by atoms with Crippen molar-refractivity contribution in [1.82, 2.24) is 0 Å². The van der Waals surface area contributed by atoms with E-state index in [1.54, 1.807) is 0 Å². The highest BCUT2D eigenvalue weighted by molar-refractivity contribution is 7.47. The molecule has 19 heteroatoms. The van der Waals surface area contributed by atoms with E-state index in [1.807, 2.05) is 0 Å². The van der Waals surface area contributed by atoms with Gasteiger partial charge in [-0.2, -0.15) is 0 Å². The second-order valence-electron chi connectivity index (χ2n) is 27.0. The molecule has 0 amide bonds. The molecule has 2 unspecified atom stereocenters. The van der Waals surface area contributed by atoms with Gasteiger partial charge >= 0.3 is 39.5 Å². The summed E-state index contributed by atoms with van der Waals surface area (Å²) in [5.41, 5.74) is 0. The van der Waals surface area contributed by atoms with Crippen LogP contribution in [0.3, 0.4) is 0 Å². The molecule has 94 heavy (non-hydrogen) atoms. The Kier molecular flexibility index (Phi) is 68.1. The average Bonchev–Trinajstić information content (AvgIpc) is 3.32. The molecule has 0 heterocycles. The summed E-state index contributed by atoms with van der Waals surface area (Å²) in [6, 6.07) is 0. The molecule has 0 aromatic rings. The van der Waals surface area contributed by atoms with Crippen LogP contribution in [0.5, 0.6) is 0 Å². The largest absolute Gasteiger partial charge is 0.472 e. The minimum atomic E-state index is -4.95. The van der Waals surface area contributed by atoms with Crippen molar-refractivity contribution in [3.8, 4) is 0 Å². The molecule has 5 atom stereocenters. The van der Waals surface area contributed by atoms with E-state index < -0.39 is 97.5 Å². The molecule has 17 nitrogen and oxygen atoms in total. The van der Waals surface area contributed by atoms with Gasteiger partial charge in [0.1, 0.15) is 19.3 Å². The summed E-state index contributed by atoms with van der Waals surface area (Å²) >= 11 is 0. The lowest BCUT2D eigenvalue weighted by Gasteiger charge is -2.21. The van der Waals surface area contributed by atoms with Gasteiger partial charge in [0.05, 0.1) is 26.4 Å². The Morgan fingerprint density at radius 2 is 0.426 bits per heavy atom. The Morgan fingerprint density at radius 3 is 0.628 bits per heavy atom. The number of hydrogen-bond donors (Lipinski definition) is 3. The number of rotatable bonds is 76. The molecule has 0 rings (SSSR count). The van der Waals surface area contributed by atoms with E-state index in [-0.39, 0.29) is 25.7 Å².